The van der Waals surface area contributed by atoms with Gasteiger partial charge in [-0.2, -0.15) is 162 Å². The second-order valence-corrected chi connectivity index (χ2v) is 15.5. The standard InChI is InChI=1S/C23H7F35N2O4S2/c24-7(25)65(61,62)59-5-1-3-6(4-2-5)60-66(63,64)23(57,58)21(52,53)19(48,49)17(44,45)15(40,41)13(36,37)11(32,33)9(28,29)8(26,27)10(30,31)12(34,35)14(38,39)16(42,43)18(46,47)20(50,51)22(54,55)56/h1-4,7,59-60H. The summed E-state index contributed by atoms with van der Waals surface area (Å²) in [5.41, 5.74) is -3.09. The van der Waals surface area contributed by atoms with E-state index in [0.29, 0.717) is 0 Å². The molecule has 6 nitrogen and oxygen atoms in total. The molecule has 390 valence electrons. The van der Waals surface area contributed by atoms with Gasteiger partial charge in [0.25, 0.3) is 10.0 Å². The molecular weight excluding hydrogens is 1100 g/mol. The number of benzene rings is 1. The van der Waals surface area contributed by atoms with Gasteiger partial charge in [-0.3, -0.25) is 9.44 Å². The van der Waals surface area contributed by atoms with Gasteiger partial charge in [-0.05, 0) is 24.3 Å². The van der Waals surface area contributed by atoms with Crippen LogP contribution in [0.1, 0.15) is 0 Å². The first-order chi connectivity index (χ1) is 28.1. The lowest BCUT2D eigenvalue weighted by Gasteiger charge is -2.46. The minimum Gasteiger partial charge on any atom is -0.279 e. The molecular formula is C23H7F35N2O4S2. The summed E-state index contributed by atoms with van der Waals surface area (Å²) in [6.07, 6.45) is -8.46. The lowest BCUT2D eigenvalue weighted by Crippen LogP contribution is -2.80. The number of hydrogen-bond acceptors (Lipinski definition) is 4. The third-order valence-corrected chi connectivity index (χ3v) is 10.2. The molecule has 0 saturated carbocycles. The molecule has 0 aliphatic rings. The molecule has 0 aliphatic carbocycles. The van der Waals surface area contributed by atoms with Crippen molar-refractivity contribution in [1.82, 2.24) is 0 Å². The maximum Gasteiger partial charge on any atom is 0.460 e. The van der Waals surface area contributed by atoms with Gasteiger partial charge >= 0.3 is 110 Å². The molecule has 1 aromatic rings. The number of anilines is 2. The maximum atomic E-state index is 14.4. The molecule has 43 heteroatoms. The zero-order valence-electron chi connectivity index (χ0n) is 28.6. The molecule has 0 saturated heterocycles. The van der Waals surface area contributed by atoms with Gasteiger partial charge in [0, 0.05) is 11.4 Å². The van der Waals surface area contributed by atoms with Crippen molar-refractivity contribution in [1.29, 1.82) is 0 Å². The molecule has 0 bridgehead atoms. The van der Waals surface area contributed by atoms with Crippen LogP contribution in [-0.2, 0) is 20.0 Å². The van der Waals surface area contributed by atoms with Gasteiger partial charge in [0.2, 0.25) is 0 Å². The van der Waals surface area contributed by atoms with Gasteiger partial charge in [-0.1, -0.05) is 0 Å². The first-order valence-corrected chi connectivity index (χ1v) is 17.3. The summed E-state index contributed by atoms with van der Waals surface area (Å²) in [7, 11) is -13.9. The molecule has 0 atom stereocenters. The van der Waals surface area contributed by atoms with Crippen LogP contribution in [0, 0.1) is 0 Å². The van der Waals surface area contributed by atoms with Crippen LogP contribution in [0.15, 0.2) is 24.3 Å². The highest BCUT2D eigenvalue weighted by Gasteiger charge is 3.02. The second kappa shape index (κ2) is 15.6. The smallest absolute Gasteiger partial charge is 0.279 e. The predicted molar refractivity (Wildman–Crippen MR) is 138 cm³/mol. The van der Waals surface area contributed by atoms with E-state index in [4.69, 9.17) is 0 Å². The maximum absolute atomic E-state index is 14.4. The number of nitrogens with one attached hydrogen (secondary N) is 2. The van der Waals surface area contributed by atoms with E-state index in [0.717, 1.165) is 4.72 Å². The summed E-state index contributed by atoms with van der Waals surface area (Å²) in [6, 6.07) is -0.644. The van der Waals surface area contributed by atoms with Gasteiger partial charge in [-0.15, -0.1) is 0 Å². The van der Waals surface area contributed by atoms with Crippen molar-refractivity contribution in [3.8, 4) is 0 Å². The Balaban J connectivity index is 3.97. The van der Waals surface area contributed by atoms with Crippen molar-refractivity contribution in [3.05, 3.63) is 24.3 Å². The van der Waals surface area contributed by atoms with Crippen LogP contribution in [0.4, 0.5) is 165 Å². The monoisotopic (exact) mass is 1100 g/mol. The highest BCUT2D eigenvalue weighted by Crippen LogP contribution is 2.70. The molecule has 2 N–H and O–H groups in total. The number of rotatable bonds is 20. The summed E-state index contributed by atoms with van der Waals surface area (Å²) in [6.45, 7) is 0. The summed E-state index contributed by atoms with van der Waals surface area (Å²) < 4.78 is 526. The van der Waals surface area contributed by atoms with E-state index in [1.165, 1.54) is 0 Å². The third kappa shape index (κ3) is 7.66. The fourth-order valence-corrected chi connectivity index (χ4v) is 5.52. The normalized spacial score (nSPS) is 16.5. The molecule has 66 heavy (non-hydrogen) atoms. The van der Waals surface area contributed by atoms with Crippen molar-refractivity contribution in [2.45, 2.75) is 100 Å². The molecule has 0 fully saturated rings. The van der Waals surface area contributed by atoms with Crippen molar-refractivity contribution < 1.29 is 171 Å². The minimum atomic E-state index is -10.4. The fourth-order valence-electron chi connectivity index (χ4n) is 3.93. The van der Waals surface area contributed by atoms with Crippen LogP contribution in [0.3, 0.4) is 0 Å². The van der Waals surface area contributed by atoms with E-state index in [9.17, 15) is 171 Å². The minimum absolute atomic E-state index is 0.0604. The molecule has 0 spiro atoms. The van der Waals surface area contributed by atoms with Crippen LogP contribution in [0.25, 0.3) is 0 Å². The van der Waals surface area contributed by atoms with Gasteiger partial charge < -0.3 is 0 Å². The van der Waals surface area contributed by atoms with Crippen LogP contribution in [0.5, 0.6) is 0 Å². The topological polar surface area (TPSA) is 92.3 Å². The quantitative estimate of drug-likeness (QED) is 0.127. The summed E-state index contributed by atoms with van der Waals surface area (Å²) >= 11 is 0. The molecule has 1 aromatic carbocycles. The SMILES string of the molecule is O=S(=O)(Nc1ccc(NS(=O)(=O)C(F)(F)C(F)(F)C(F)(F)C(F)(F)C(F)(F)C(F)(F)C(F)(F)C(F)(F)C(F)(F)C(F)(F)C(F)(F)C(F)(F)C(F)(F)C(F)(F)C(F)(F)C(F)(F)F)cc1)C(F)F. The van der Waals surface area contributed by atoms with Crippen LogP contribution in [-0.4, -0.2) is 117 Å². The number of sulfonamides is 2. The Morgan fingerprint density at radius 2 is 0.485 bits per heavy atom. The first-order valence-electron chi connectivity index (χ1n) is 14.3. The zero-order chi connectivity index (χ0) is 54.0. The summed E-state index contributed by atoms with van der Waals surface area (Å²) in [5.74, 6) is -144. The van der Waals surface area contributed by atoms with E-state index < -0.39 is 132 Å². The Bertz CT molecular complexity index is 2160. The van der Waals surface area contributed by atoms with Crippen LogP contribution >= 0.6 is 0 Å². The van der Waals surface area contributed by atoms with Crippen LogP contribution in [0.2, 0.25) is 0 Å². The molecule has 0 heterocycles. The summed E-state index contributed by atoms with van der Waals surface area (Å²) in [5, 5.41) is -8.42. The van der Waals surface area contributed by atoms with Crippen molar-refractivity contribution >= 4 is 31.4 Å². The van der Waals surface area contributed by atoms with Crippen molar-refractivity contribution in [3.63, 3.8) is 0 Å². The molecule has 0 aromatic heterocycles. The lowest BCUT2D eigenvalue weighted by atomic mass is 9.83. The van der Waals surface area contributed by atoms with Crippen molar-refractivity contribution in [2.24, 2.45) is 0 Å². The Labute approximate surface area is 336 Å². The Kier molecular flexibility index (Phi) is 14.3. The average Bonchev–Trinajstić information content (AvgIpc) is 3.10. The average molecular weight is 1100 g/mol. The Hall–Kier alpha value is -3.73. The molecule has 1 rings (SSSR count). The van der Waals surface area contributed by atoms with Gasteiger partial charge in [0.05, 0.1) is 0 Å². The predicted octanol–water partition coefficient (Wildman–Crippen LogP) is 11.4. The highest BCUT2D eigenvalue weighted by molar-refractivity contribution is 7.93. The van der Waals surface area contributed by atoms with E-state index in [2.05, 4.69) is 0 Å². The molecule has 0 aliphatic heterocycles. The molecule has 0 amide bonds. The Morgan fingerprint density at radius 1 is 0.303 bits per heavy atom. The van der Waals surface area contributed by atoms with Gasteiger partial charge in [-0.25, -0.2) is 8.42 Å². The number of halogens is 35. The molecule has 0 unspecified atom stereocenters. The lowest BCUT2D eigenvalue weighted by molar-refractivity contribution is -0.490. The summed E-state index contributed by atoms with van der Waals surface area (Å²) in [4.78, 5) is 0. The fraction of sp³-hybridized carbons (Fsp3) is 0.739. The van der Waals surface area contributed by atoms with E-state index in [1.807, 2.05) is 0 Å². The van der Waals surface area contributed by atoms with Gasteiger partial charge in [0.1, 0.15) is 0 Å². The first kappa shape index (κ1) is 60.3. The highest BCUT2D eigenvalue weighted by atomic mass is 32.2. The van der Waals surface area contributed by atoms with Crippen molar-refractivity contribution in [2.75, 3.05) is 9.44 Å². The van der Waals surface area contributed by atoms with E-state index in [1.54, 1.807) is 0 Å². The van der Waals surface area contributed by atoms with Gasteiger partial charge in [0.15, 0.2) is 0 Å². The second-order valence-electron chi connectivity index (χ2n) is 12.1. The van der Waals surface area contributed by atoms with E-state index >= 15 is 0 Å². The Morgan fingerprint density at radius 3 is 0.682 bits per heavy atom. The van der Waals surface area contributed by atoms with Crippen LogP contribution < -0.4 is 9.44 Å². The zero-order valence-corrected chi connectivity index (χ0v) is 30.2. The van der Waals surface area contributed by atoms with E-state index in [-0.39, 0.29) is 29.0 Å². The third-order valence-electron chi connectivity index (χ3n) is 7.82. The molecule has 0 radical (unpaired) electrons. The number of hydrogen-bond donors (Lipinski definition) is 2. The largest absolute Gasteiger partial charge is 0.460 e. The number of alkyl halides is 35.